The Labute approximate surface area is 274 Å². The molecule has 2 fully saturated rings. The third-order valence-electron chi connectivity index (χ3n) is 7.42. The Morgan fingerprint density at radius 3 is 2.38 bits per heavy atom. The number of carbonyl (C=O) groups excluding carboxylic acids is 4. The van der Waals surface area contributed by atoms with Crippen molar-refractivity contribution in [3.63, 3.8) is 0 Å². The van der Waals surface area contributed by atoms with Crippen LogP contribution in [0.15, 0.2) is 54.9 Å². The number of likely N-dealkylation sites (tertiary alicyclic amines) is 1. The van der Waals surface area contributed by atoms with Gasteiger partial charge in [-0.05, 0) is 51.2 Å². The predicted octanol–water partition coefficient (Wildman–Crippen LogP) is 2.71. The molecule has 1 aliphatic carbocycles. The van der Waals surface area contributed by atoms with E-state index in [1.165, 1.54) is 17.1 Å². The van der Waals surface area contributed by atoms with Gasteiger partial charge in [0.15, 0.2) is 0 Å². The molecule has 1 aliphatic heterocycles. The van der Waals surface area contributed by atoms with Crippen LogP contribution in [0.5, 0.6) is 5.88 Å². The molecule has 3 atom stereocenters. The molecule has 2 aromatic rings. The van der Waals surface area contributed by atoms with E-state index >= 15 is 0 Å². The Morgan fingerprint density at radius 2 is 1.77 bits per heavy atom. The number of sulfonamides is 1. The van der Waals surface area contributed by atoms with Crippen molar-refractivity contribution in [3.05, 3.63) is 54.9 Å². The average molecular weight is 671 g/mol. The molecule has 4 rings (SSSR count). The fourth-order valence-corrected chi connectivity index (χ4v) is 6.31. The number of nitrogens with zero attached hydrogens (tertiary/aromatic N) is 3. The lowest BCUT2D eigenvalue weighted by molar-refractivity contribution is -0.142. The zero-order chi connectivity index (χ0) is 34.7. The lowest BCUT2D eigenvalue weighted by Gasteiger charge is -2.35. The molecule has 0 spiro atoms. The molecule has 1 saturated heterocycles. The van der Waals surface area contributed by atoms with Crippen LogP contribution in [0.25, 0.3) is 10.8 Å². The molecular formula is C32H42N6O8S. The van der Waals surface area contributed by atoms with Gasteiger partial charge in [0.1, 0.15) is 29.5 Å². The Hall–Kier alpha value is -4.53. The Bertz CT molecular complexity index is 1690. The highest BCUT2D eigenvalue weighted by atomic mass is 32.2. The second-order valence-corrected chi connectivity index (χ2v) is 15.6. The molecule has 254 valence electrons. The summed E-state index contributed by atoms with van der Waals surface area (Å²) in [4.78, 5) is 55.1. The molecule has 1 saturated carbocycles. The van der Waals surface area contributed by atoms with Gasteiger partial charge in [0.2, 0.25) is 27.7 Å². The summed E-state index contributed by atoms with van der Waals surface area (Å²) >= 11 is 0. The Balaban J connectivity index is 1.63. The fraction of sp³-hybridized carbons (Fsp3) is 0.500. The van der Waals surface area contributed by atoms with E-state index in [4.69, 9.17) is 9.47 Å². The molecule has 1 aromatic carbocycles. The number of fused-ring (bicyclic) bond motifs is 1. The highest BCUT2D eigenvalue weighted by Gasteiger charge is 2.47. The number of carbonyl (C=O) groups is 4. The van der Waals surface area contributed by atoms with Gasteiger partial charge in [0.25, 0.3) is 5.91 Å². The number of allylic oxidation sites excluding steroid dienone is 2. The molecule has 47 heavy (non-hydrogen) atoms. The van der Waals surface area contributed by atoms with Crippen LogP contribution in [0.1, 0.15) is 60.8 Å². The number of hydrogen-bond donors (Lipinski definition) is 3. The van der Waals surface area contributed by atoms with Gasteiger partial charge in [-0.1, -0.05) is 51.6 Å². The largest absolute Gasteiger partial charge is 0.471 e. The Morgan fingerprint density at radius 1 is 1.09 bits per heavy atom. The van der Waals surface area contributed by atoms with Crippen molar-refractivity contribution >= 4 is 44.6 Å². The number of amides is 4. The minimum atomic E-state index is -3.92. The quantitative estimate of drug-likeness (QED) is 0.251. The molecular weight excluding hydrogens is 628 g/mol. The van der Waals surface area contributed by atoms with Crippen molar-refractivity contribution in [1.82, 2.24) is 30.5 Å². The second-order valence-electron chi connectivity index (χ2n) is 13.6. The van der Waals surface area contributed by atoms with E-state index in [1.54, 1.807) is 47.7 Å². The van der Waals surface area contributed by atoms with Crippen molar-refractivity contribution in [2.45, 2.75) is 89.8 Å². The standard InChI is InChI=1S/C32H42N6O8S/c1-8-11-23(26(39)37-47(43,44)21-14-15-21)34-27(40)24-16-20(45-28-22-13-10-9-12-19(22)17-33-36-28)18-38(24)29(41)25(31(2,3)4)35-30(42)46-32(5,6)7/h8-13,17,20-21,24-25H,1,14-16,18H2,2-7H3,(H,34,40)(H,35,42)(H,37,39)/b23-11+/t20-,24+,25-/m1/s1. The van der Waals surface area contributed by atoms with E-state index in [-0.39, 0.29) is 24.5 Å². The maximum Gasteiger partial charge on any atom is 0.408 e. The predicted molar refractivity (Wildman–Crippen MR) is 173 cm³/mol. The topological polar surface area (TPSA) is 186 Å². The van der Waals surface area contributed by atoms with E-state index in [0.717, 1.165) is 5.39 Å². The summed E-state index contributed by atoms with van der Waals surface area (Å²) in [6.45, 7) is 13.8. The first kappa shape index (κ1) is 35.3. The van der Waals surface area contributed by atoms with Crippen LogP contribution in [0.4, 0.5) is 4.79 Å². The zero-order valence-electron chi connectivity index (χ0n) is 27.4. The first-order valence-corrected chi connectivity index (χ1v) is 16.8. The van der Waals surface area contributed by atoms with E-state index in [1.807, 2.05) is 29.0 Å². The summed E-state index contributed by atoms with van der Waals surface area (Å²) < 4.78 is 38.5. The van der Waals surface area contributed by atoms with E-state index in [0.29, 0.717) is 18.2 Å². The number of nitrogens with one attached hydrogen (secondary N) is 3. The summed E-state index contributed by atoms with van der Waals surface area (Å²) in [5.41, 5.74) is -2.02. The number of ether oxygens (including phenoxy) is 2. The van der Waals surface area contributed by atoms with Gasteiger partial charge in [0.05, 0.1) is 18.0 Å². The number of alkyl carbamates (subject to hydrolysis) is 1. The van der Waals surface area contributed by atoms with E-state index < -0.39 is 68.3 Å². The van der Waals surface area contributed by atoms with Crippen molar-refractivity contribution in [1.29, 1.82) is 0 Å². The summed E-state index contributed by atoms with van der Waals surface area (Å²) in [7, 11) is -3.92. The maximum absolute atomic E-state index is 14.2. The number of rotatable bonds is 10. The summed E-state index contributed by atoms with van der Waals surface area (Å²) in [6.07, 6.45) is 3.27. The normalized spacial score (nSPS) is 19.4. The first-order valence-electron chi connectivity index (χ1n) is 15.3. The van der Waals surface area contributed by atoms with Crippen LogP contribution in [0.3, 0.4) is 0 Å². The van der Waals surface area contributed by atoms with Crippen molar-refractivity contribution in [2.24, 2.45) is 5.41 Å². The second kappa shape index (κ2) is 13.7. The lowest BCUT2D eigenvalue weighted by atomic mass is 9.85. The van der Waals surface area contributed by atoms with Crippen molar-refractivity contribution < 1.29 is 37.1 Å². The molecule has 2 heterocycles. The van der Waals surface area contributed by atoms with Crippen molar-refractivity contribution in [3.8, 4) is 5.88 Å². The molecule has 0 bridgehead atoms. The number of aromatic nitrogens is 2. The van der Waals surface area contributed by atoms with Gasteiger partial charge in [-0.25, -0.2) is 17.9 Å². The van der Waals surface area contributed by atoms with Gasteiger partial charge in [0, 0.05) is 17.2 Å². The van der Waals surface area contributed by atoms with E-state index in [2.05, 4.69) is 27.4 Å². The molecule has 3 N–H and O–H groups in total. The van der Waals surface area contributed by atoms with Gasteiger partial charge < -0.3 is 25.0 Å². The highest BCUT2D eigenvalue weighted by Crippen LogP contribution is 2.31. The summed E-state index contributed by atoms with van der Waals surface area (Å²) in [5.74, 6) is -2.20. The third-order valence-corrected chi connectivity index (χ3v) is 9.24. The number of hydrogen-bond acceptors (Lipinski definition) is 10. The van der Waals surface area contributed by atoms with Gasteiger partial charge >= 0.3 is 6.09 Å². The zero-order valence-corrected chi connectivity index (χ0v) is 28.2. The third kappa shape index (κ3) is 9.05. The minimum absolute atomic E-state index is 0.0187. The SMILES string of the molecule is C=C/C=C(/NC(=O)[C@@H]1C[C@@H](Oc2nncc3ccccc23)CN1C(=O)[C@@H](NC(=O)OC(C)(C)C)C(C)(C)C)C(=O)NS(=O)(=O)C1CC1. The van der Waals surface area contributed by atoms with Gasteiger partial charge in [-0.15, -0.1) is 5.10 Å². The van der Waals surface area contributed by atoms with Crippen molar-refractivity contribution in [2.75, 3.05) is 6.54 Å². The van der Waals surface area contributed by atoms with Crippen LogP contribution in [-0.2, 0) is 29.1 Å². The molecule has 15 heteroatoms. The molecule has 4 amide bonds. The monoisotopic (exact) mass is 670 g/mol. The average Bonchev–Trinajstić information content (AvgIpc) is 3.75. The highest BCUT2D eigenvalue weighted by molar-refractivity contribution is 7.91. The van der Waals surface area contributed by atoms with Crippen LogP contribution < -0.4 is 20.1 Å². The molecule has 1 aromatic heterocycles. The van der Waals surface area contributed by atoms with Crippen LogP contribution in [0, 0.1) is 5.41 Å². The summed E-state index contributed by atoms with van der Waals surface area (Å²) in [6, 6.07) is 4.99. The molecule has 2 aliphatic rings. The van der Waals surface area contributed by atoms with E-state index in [9.17, 15) is 27.6 Å². The number of benzene rings is 1. The fourth-order valence-electron chi connectivity index (χ4n) is 5.02. The molecule has 14 nitrogen and oxygen atoms in total. The van der Waals surface area contributed by atoms with Crippen LogP contribution >= 0.6 is 0 Å². The maximum atomic E-state index is 14.2. The van der Waals surface area contributed by atoms with Crippen LogP contribution in [-0.4, -0.2) is 82.9 Å². The summed E-state index contributed by atoms with van der Waals surface area (Å²) in [5, 5.41) is 14.0. The van der Waals surface area contributed by atoms with Gasteiger partial charge in [-0.2, -0.15) is 5.10 Å². The molecule has 0 unspecified atom stereocenters. The smallest absolute Gasteiger partial charge is 0.408 e. The van der Waals surface area contributed by atoms with Crippen LogP contribution in [0.2, 0.25) is 0 Å². The van der Waals surface area contributed by atoms with Gasteiger partial charge in [-0.3, -0.25) is 14.4 Å². The minimum Gasteiger partial charge on any atom is -0.471 e. The first-order chi connectivity index (χ1) is 21.9. The Kier molecular flexibility index (Phi) is 10.3. The lowest BCUT2D eigenvalue weighted by Crippen LogP contribution is -2.58. The molecule has 0 radical (unpaired) electrons.